The quantitative estimate of drug-likeness (QED) is 0.297. The van der Waals surface area contributed by atoms with Gasteiger partial charge in [-0.3, -0.25) is 0 Å². The molecule has 0 amide bonds. The van der Waals surface area contributed by atoms with Gasteiger partial charge in [0.2, 0.25) is 0 Å². The van der Waals surface area contributed by atoms with Gasteiger partial charge in [-0.1, -0.05) is 68.4 Å². The molecule has 0 aliphatic carbocycles. The molecule has 2 heterocycles. The van der Waals surface area contributed by atoms with Crippen molar-refractivity contribution in [2.75, 3.05) is 0 Å². The number of fused-ring (bicyclic) bond motifs is 6. The number of rotatable bonds is 2. The van der Waals surface area contributed by atoms with Gasteiger partial charge in [0.15, 0.2) is 5.58 Å². The van der Waals surface area contributed by atoms with Gasteiger partial charge in [0, 0.05) is 16.3 Å². The third kappa shape index (κ3) is 2.73. The zero-order valence-corrected chi connectivity index (χ0v) is 17.8. The van der Waals surface area contributed by atoms with Crippen LogP contribution in [-0.4, -0.2) is 9.97 Å². The van der Waals surface area contributed by atoms with E-state index in [1.807, 2.05) is 13.0 Å². The molecule has 3 heteroatoms. The SMILES string of the molecule is Cc1nc(-c2cc(C(C)C)c3ccccc3c2)c2oc3c4ccccc4ccc3c2n1. The Morgan fingerprint density at radius 1 is 0.710 bits per heavy atom. The number of benzene rings is 4. The van der Waals surface area contributed by atoms with Crippen LogP contribution in [-0.2, 0) is 0 Å². The van der Waals surface area contributed by atoms with Crippen LogP contribution in [0.25, 0.3) is 54.9 Å². The van der Waals surface area contributed by atoms with Crippen molar-refractivity contribution < 1.29 is 4.42 Å². The lowest BCUT2D eigenvalue weighted by Gasteiger charge is -2.13. The molecular formula is C28H22N2O. The Balaban J connectivity index is 1.73. The molecule has 2 aromatic heterocycles. The monoisotopic (exact) mass is 402 g/mol. The predicted octanol–water partition coefficient (Wildman–Crippen LogP) is 7.78. The zero-order chi connectivity index (χ0) is 21.1. The molecule has 6 aromatic rings. The highest BCUT2D eigenvalue weighted by molar-refractivity contribution is 6.15. The maximum absolute atomic E-state index is 6.49. The molecule has 150 valence electrons. The molecule has 0 atom stereocenters. The lowest BCUT2D eigenvalue weighted by atomic mass is 9.92. The standard InChI is InChI=1S/C28H22N2O/c1-16(2)24-15-20(14-19-9-5-6-10-21(19)24)25-28-26(30-17(3)29-25)23-13-12-18-8-4-7-11-22(18)27(23)31-28/h4-16H,1-3H3. The van der Waals surface area contributed by atoms with E-state index in [-0.39, 0.29) is 0 Å². The molecule has 4 aromatic carbocycles. The van der Waals surface area contributed by atoms with Crippen molar-refractivity contribution in [2.24, 2.45) is 0 Å². The van der Waals surface area contributed by atoms with Crippen LogP contribution < -0.4 is 0 Å². The van der Waals surface area contributed by atoms with Crippen LogP contribution in [0.15, 0.2) is 77.2 Å². The summed E-state index contributed by atoms with van der Waals surface area (Å²) in [7, 11) is 0. The van der Waals surface area contributed by atoms with Crippen LogP contribution in [0.5, 0.6) is 0 Å². The summed E-state index contributed by atoms with van der Waals surface area (Å²) < 4.78 is 6.49. The lowest BCUT2D eigenvalue weighted by Crippen LogP contribution is -1.95. The summed E-state index contributed by atoms with van der Waals surface area (Å²) in [5.74, 6) is 1.15. The summed E-state index contributed by atoms with van der Waals surface area (Å²) >= 11 is 0. The Bertz CT molecular complexity index is 1630. The fraction of sp³-hybridized carbons (Fsp3) is 0.143. The van der Waals surface area contributed by atoms with E-state index < -0.39 is 0 Å². The maximum atomic E-state index is 6.49. The van der Waals surface area contributed by atoms with E-state index in [1.54, 1.807) is 0 Å². The molecule has 0 N–H and O–H groups in total. The highest BCUT2D eigenvalue weighted by Crippen LogP contribution is 2.39. The zero-order valence-electron chi connectivity index (χ0n) is 17.8. The second-order valence-corrected chi connectivity index (χ2v) is 8.50. The van der Waals surface area contributed by atoms with Gasteiger partial charge in [-0.2, -0.15) is 0 Å². The molecule has 0 aliphatic heterocycles. The van der Waals surface area contributed by atoms with Gasteiger partial charge >= 0.3 is 0 Å². The minimum Gasteiger partial charge on any atom is -0.451 e. The number of furan rings is 1. The van der Waals surface area contributed by atoms with Gasteiger partial charge in [0.25, 0.3) is 0 Å². The average molecular weight is 402 g/mol. The molecule has 0 fully saturated rings. The Morgan fingerprint density at radius 3 is 2.26 bits per heavy atom. The second kappa shape index (κ2) is 6.64. The Morgan fingerprint density at radius 2 is 1.45 bits per heavy atom. The van der Waals surface area contributed by atoms with Crippen LogP contribution >= 0.6 is 0 Å². The number of nitrogens with zero attached hydrogens (tertiary/aromatic N) is 2. The molecule has 0 unspecified atom stereocenters. The van der Waals surface area contributed by atoms with Crippen molar-refractivity contribution in [1.29, 1.82) is 0 Å². The number of aromatic nitrogens is 2. The van der Waals surface area contributed by atoms with Gasteiger partial charge in [-0.05, 0) is 52.8 Å². The van der Waals surface area contributed by atoms with Crippen LogP contribution in [0.3, 0.4) is 0 Å². The van der Waals surface area contributed by atoms with Crippen molar-refractivity contribution in [2.45, 2.75) is 26.7 Å². The second-order valence-electron chi connectivity index (χ2n) is 8.50. The normalized spacial score (nSPS) is 12.0. The van der Waals surface area contributed by atoms with Crippen LogP contribution in [0, 0.1) is 6.92 Å². The van der Waals surface area contributed by atoms with Gasteiger partial charge in [0.05, 0.1) is 0 Å². The summed E-state index contributed by atoms with van der Waals surface area (Å²) in [5.41, 5.74) is 5.75. The summed E-state index contributed by atoms with van der Waals surface area (Å²) in [5, 5.41) is 5.80. The number of hydrogen-bond donors (Lipinski definition) is 0. The van der Waals surface area contributed by atoms with Crippen molar-refractivity contribution in [1.82, 2.24) is 9.97 Å². The highest BCUT2D eigenvalue weighted by atomic mass is 16.3. The summed E-state index contributed by atoms with van der Waals surface area (Å²) in [6, 6.07) is 25.6. The Labute approximate surface area is 180 Å². The lowest BCUT2D eigenvalue weighted by molar-refractivity contribution is 0.670. The first kappa shape index (κ1) is 18.1. The molecule has 0 bridgehead atoms. The number of aryl methyl sites for hydroxylation is 1. The van der Waals surface area contributed by atoms with Crippen LogP contribution in [0.4, 0.5) is 0 Å². The first-order valence-corrected chi connectivity index (χ1v) is 10.7. The summed E-state index contributed by atoms with van der Waals surface area (Å²) in [4.78, 5) is 9.62. The van der Waals surface area contributed by atoms with E-state index in [0.29, 0.717) is 5.92 Å². The van der Waals surface area contributed by atoms with Crippen molar-refractivity contribution in [3.8, 4) is 11.3 Å². The van der Waals surface area contributed by atoms with E-state index in [2.05, 4.69) is 80.6 Å². The molecule has 0 saturated heterocycles. The molecule has 0 aliphatic rings. The van der Waals surface area contributed by atoms with E-state index >= 15 is 0 Å². The minimum absolute atomic E-state index is 0.405. The first-order valence-electron chi connectivity index (χ1n) is 10.7. The largest absolute Gasteiger partial charge is 0.451 e. The van der Waals surface area contributed by atoms with Crippen molar-refractivity contribution in [3.63, 3.8) is 0 Å². The van der Waals surface area contributed by atoms with E-state index in [0.717, 1.165) is 49.9 Å². The third-order valence-electron chi connectivity index (χ3n) is 6.11. The summed E-state index contributed by atoms with van der Waals surface area (Å²) in [6.07, 6.45) is 0. The fourth-order valence-corrected chi connectivity index (χ4v) is 4.63. The molecule has 6 rings (SSSR count). The van der Waals surface area contributed by atoms with Gasteiger partial charge in [-0.15, -0.1) is 0 Å². The molecule has 0 saturated carbocycles. The molecular weight excluding hydrogens is 380 g/mol. The third-order valence-corrected chi connectivity index (χ3v) is 6.11. The topological polar surface area (TPSA) is 38.9 Å². The van der Waals surface area contributed by atoms with Gasteiger partial charge in [0.1, 0.15) is 22.6 Å². The maximum Gasteiger partial charge on any atom is 0.180 e. The van der Waals surface area contributed by atoms with Crippen molar-refractivity contribution >= 4 is 43.6 Å². The smallest absolute Gasteiger partial charge is 0.180 e. The molecule has 31 heavy (non-hydrogen) atoms. The molecule has 0 spiro atoms. The molecule has 3 nitrogen and oxygen atoms in total. The van der Waals surface area contributed by atoms with E-state index in [4.69, 9.17) is 14.4 Å². The first-order chi connectivity index (χ1) is 15.1. The van der Waals surface area contributed by atoms with Gasteiger partial charge in [-0.25, -0.2) is 9.97 Å². The van der Waals surface area contributed by atoms with Crippen LogP contribution in [0.2, 0.25) is 0 Å². The highest BCUT2D eigenvalue weighted by Gasteiger charge is 2.19. The Kier molecular flexibility index (Phi) is 3.87. The Hall–Kier alpha value is -3.72. The minimum atomic E-state index is 0.405. The van der Waals surface area contributed by atoms with Crippen molar-refractivity contribution in [3.05, 3.63) is 84.2 Å². The van der Waals surface area contributed by atoms with Gasteiger partial charge < -0.3 is 4.42 Å². The summed E-state index contributed by atoms with van der Waals surface area (Å²) in [6.45, 7) is 6.42. The molecule has 0 radical (unpaired) electrons. The van der Waals surface area contributed by atoms with E-state index in [1.165, 1.54) is 16.3 Å². The van der Waals surface area contributed by atoms with Crippen LogP contribution in [0.1, 0.15) is 31.2 Å². The fourth-order valence-electron chi connectivity index (χ4n) is 4.63. The number of hydrogen-bond acceptors (Lipinski definition) is 3. The predicted molar refractivity (Wildman–Crippen MR) is 129 cm³/mol. The average Bonchev–Trinajstić information content (AvgIpc) is 3.16. The van der Waals surface area contributed by atoms with E-state index in [9.17, 15) is 0 Å².